The van der Waals surface area contributed by atoms with Gasteiger partial charge in [0, 0.05) is 11.3 Å². The molecular weight excluding hydrogens is 330 g/mol. The highest BCUT2D eigenvalue weighted by molar-refractivity contribution is 6.04. The Kier molecular flexibility index (Phi) is 4.15. The Bertz CT molecular complexity index is 955. The van der Waals surface area contributed by atoms with Gasteiger partial charge >= 0.3 is 0 Å². The number of aryl methyl sites for hydroxylation is 1. The minimum atomic E-state index is -0.232. The summed E-state index contributed by atoms with van der Waals surface area (Å²) in [5.74, 6) is 1.70. The molecular formula is C20H17N3O3. The molecule has 1 aromatic heterocycles. The Morgan fingerprint density at radius 3 is 2.69 bits per heavy atom. The van der Waals surface area contributed by atoms with Gasteiger partial charge in [0.05, 0.1) is 11.9 Å². The second kappa shape index (κ2) is 6.76. The van der Waals surface area contributed by atoms with E-state index in [1.165, 1.54) is 0 Å². The van der Waals surface area contributed by atoms with E-state index in [1.807, 2.05) is 37.3 Å². The first-order chi connectivity index (χ1) is 12.7. The predicted molar refractivity (Wildman–Crippen MR) is 99.2 cm³/mol. The average Bonchev–Trinajstić information content (AvgIpc) is 3.13. The molecule has 0 aliphatic carbocycles. The monoisotopic (exact) mass is 347 g/mol. The summed E-state index contributed by atoms with van der Waals surface area (Å²) >= 11 is 0. The predicted octanol–water partition coefficient (Wildman–Crippen LogP) is 4.11. The third-order valence-electron chi connectivity index (χ3n) is 4.06. The number of hydrogen-bond donors (Lipinski definition) is 2. The molecule has 0 fully saturated rings. The summed E-state index contributed by atoms with van der Waals surface area (Å²) in [4.78, 5) is 16.7. The first-order valence-corrected chi connectivity index (χ1v) is 8.19. The van der Waals surface area contributed by atoms with Crippen LogP contribution in [0.1, 0.15) is 15.9 Å². The number of nitrogens with one attached hydrogen (secondary N) is 2. The summed E-state index contributed by atoms with van der Waals surface area (Å²) in [6.45, 7) is 2.21. The van der Waals surface area contributed by atoms with Gasteiger partial charge in [0.1, 0.15) is 5.82 Å². The lowest BCUT2D eigenvalue weighted by molar-refractivity contribution is 0.102. The third-order valence-corrected chi connectivity index (χ3v) is 4.06. The number of aromatic nitrogens is 1. The van der Waals surface area contributed by atoms with Gasteiger partial charge in [-0.1, -0.05) is 18.2 Å². The maximum absolute atomic E-state index is 12.4. The van der Waals surface area contributed by atoms with Gasteiger partial charge in [-0.25, -0.2) is 4.98 Å². The molecule has 1 aliphatic rings. The molecule has 0 radical (unpaired) electrons. The largest absolute Gasteiger partial charge is 0.454 e. The van der Waals surface area contributed by atoms with E-state index in [4.69, 9.17) is 9.47 Å². The molecule has 130 valence electrons. The Morgan fingerprint density at radius 1 is 1.04 bits per heavy atom. The van der Waals surface area contributed by atoms with E-state index < -0.39 is 0 Å². The number of pyridine rings is 1. The summed E-state index contributed by atoms with van der Waals surface area (Å²) in [6, 6.07) is 16.7. The first-order valence-electron chi connectivity index (χ1n) is 8.19. The van der Waals surface area contributed by atoms with Crippen LogP contribution in [0.2, 0.25) is 0 Å². The Labute approximate surface area is 150 Å². The molecule has 4 rings (SSSR count). The van der Waals surface area contributed by atoms with Gasteiger partial charge in [0.25, 0.3) is 5.91 Å². The number of nitrogens with zero attached hydrogens (tertiary/aromatic N) is 1. The highest BCUT2D eigenvalue weighted by atomic mass is 16.7. The SMILES string of the molecule is Cc1ccccc1Nc1ccc(NC(=O)c2ccc3c(c2)OCO3)cn1. The molecule has 0 bridgehead atoms. The minimum absolute atomic E-state index is 0.180. The van der Waals surface area contributed by atoms with E-state index in [2.05, 4.69) is 15.6 Å². The van der Waals surface area contributed by atoms with Crippen molar-refractivity contribution < 1.29 is 14.3 Å². The molecule has 2 aromatic carbocycles. The van der Waals surface area contributed by atoms with Gasteiger partial charge in [-0.3, -0.25) is 4.79 Å². The average molecular weight is 347 g/mol. The molecule has 26 heavy (non-hydrogen) atoms. The van der Waals surface area contributed by atoms with Gasteiger partial charge in [-0.15, -0.1) is 0 Å². The van der Waals surface area contributed by atoms with E-state index in [1.54, 1.807) is 30.5 Å². The molecule has 6 heteroatoms. The number of ether oxygens (including phenoxy) is 2. The second-order valence-electron chi connectivity index (χ2n) is 5.89. The van der Waals surface area contributed by atoms with Crippen molar-refractivity contribution in [2.75, 3.05) is 17.4 Å². The van der Waals surface area contributed by atoms with Crippen LogP contribution >= 0.6 is 0 Å². The second-order valence-corrected chi connectivity index (χ2v) is 5.89. The highest BCUT2D eigenvalue weighted by Gasteiger charge is 2.16. The number of rotatable bonds is 4. The maximum atomic E-state index is 12.4. The van der Waals surface area contributed by atoms with E-state index >= 15 is 0 Å². The lowest BCUT2D eigenvalue weighted by Crippen LogP contribution is -2.12. The topological polar surface area (TPSA) is 72.5 Å². The zero-order valence-corrected chi connectivity index (χ0v) is 14.2. The zero-order chi connectivity index (χ0) is 17.9. The van der Waals surface area contributed by atoms with Crippen LogP contribution in [0.5, 0.6) is 11.5 Å². The van der Waals surface area contributed by atoms with Crippen molar-refractivity contribution in [1.29, 1.82) is 0 Å². The Balaban J connectivity index is 1.44. The maximum Gasteiger partial charge on any atom is 0.255 e. The van der Waals surface area contributed by atoms with Gasteiger partial charge in [-0.2, -0.15) is 0 Å². The number of para-hydroxylation sites is 1. The fourth-order valence-corrected chi connectivity index (χ4v) is 2.63. The smallest absolute Gasteiger partial charge is 0.255 e. The van der Waals surface area contributed by atoms with Crippen molar-refractivity contribution in [1.82, 2.24) is 4.98 Å². The van der Waals surface area contributed by atoms with Crippen LogP contribution in [0.15, 0.2) is 60.8 Å². The van der Waals surface area contributed by atoms with Crippen LogP contribution in [0.25, 0.3) is 0 Å². The van der Waals surface area contributed by atoms with Crippen molar-refractivity contribution in [3.63, 3.8) is 0 Å². The molecule has 3 aromatic rings. The number of fused-ring (bicyclic) bond motifs is 1. The lowest BCUT2D eigenvalue weighted by Gasteiger charge is -2.10. The number of anilines is 3. The van der Waals surface area contributed by atoms with E-state index in [9.17, 15) is 4.79 Å². The van der Waals surface area contributed by atoms with Crippen molar-refractivity contribution in [2.24, 2.45) is 0 Å². The fourth-order valence-electron chi connectivity index (χ4n) is 2.63. The van der Waals surface area contributed by atoms with Crippen molar-refractivity contribution in [3.8, 4) is 11.5 Å². The van der Waals surface area contributed by atoms with Gasteiger partial charge < -0.3 is 20.1 Å². The molecule has 6 nitrogen and oxygen atoms in total. The summed E-state index contributed by atoms with van der Waals surface area (Å²) in [5.41, 5.74) is 3.24. The van der Waals surface area contributed by atoms with Crippen molar-refractivity contribution in [3.05, 3.63) is 71.9 Å². The van der Waals surface area contributed by atoms with Gasteiger partial charge in [-0.05, 0) is 48.9 Å². The molecule has 0 saturated heterocycles. The summed E-state index contributed by atoms with van der Waals surface area (Å²) in [7, 11) is 0. The minimum Gasteiger partial charge on any atom is -0.454 e. The molecule has 0 unspecified atom stereocenters. The molecule has 0 spiro atoms. The Morgan fingerprint density at radius 2 is 1.88 bits per heavy atom. The number of carbonyl (C=O) groups excluding carboxylic acids is 1. The van der Waals surface area contributed by atoms with Crippen LogP contribution < -0.4 is 20.1 Å². The molecule has 2 heterocycles. The lowest BCUT2D eigenvalue weighted by atomic mass is 10.2. The molecule has 0 atom stereocenters. The molecule has 2 N–H and O–H groups in total. The van der Waals surface area contributed by atoms with Crippen molar-refractivity contribution in [2.45, 2.75) is 6.92 Å². The van der Waals surface area contributed by atoms with Crippen molar-refractivity contribution >= 4 is 23.1 Å². The van der Waals surface area contributed by atoms with E-state index in [0.29, 0.717) is 28.6 Å². The van der Waals surface area contributed by atoms with Crippen LogP contribution in [0, 0.1) is 6.92 Å². The quantitative estimate of drug-likeness (QED) is 0.743. The summed E-state index contributed by atoms with van der Waals surface area (Å²) in [5, 5.41) is 6.08. The highest BCUT2D eigenvalue weighted by Crippen LogP contribution is 2.32. The fraction of sp³-hybridized carbons (Fsp3) is 0.100. The third kappa shape index (κ3) is 3.30. The standard InChI is InChI=1S/C20H17N3O3/c1-13-4-2-3-5-16(13)23-19-9-7-15(11-21-19)22-20(24)14-6-8-17-18(10-14)26-12-25-17/h2-11H,12H2,1H3,(H,21,23)(H,22,24). The number of benzene rings is 2. The normalized spacial score (nSPS) is 11.9. The number of hydrogen-bond acceptors (Lipinski definition) is 5. The van der Waals surface area contributed by atoms with Gasteiger partial charge in [0.2, 0.25) is 6.79 Å². The van der Waals surface area contributed by atoms with Gasteiger partial charge in [0.15, 0.2) is 11.5 Å². The van der Waals surface area contributed by atoms with Crippen LogP contribution in [0.3, 0.4) is 0 Å². The number of carbonyl (C=O) groups is 1. The number of amides is 1. The van der Waals surface area contributed by atoms with Crippen LogP contribution in [0.4, 0.5) is 17.2 Å². The molecule has 1 aliphatic heterocycles. The van der Waals surface area contributed by atoms with Crippen LogP contribution in [-0.2, 0) is 0 Å². The molecule has 0 saturated carbocycles. The summed E-state index contributed by atoms with van der Waals surface area (Å²) in [6.07, 6.45) is 1.62. The van der Waals surface area contributed by atoms with Crippen LogP contribution in [-0.4, -0.2) is 17.7 Å². The first kappa shape index (κ1) is 16.0. The van der Waals surface area contributed by atoms with E-state index in [-0.39, 0.29) is 12.7 Å². The Hall–Kier alpha value is -3.54. The van der Waals surface area contributed by atoms with E-state index in [0.717, 1.165) is 11.3 Å². The summed E-state index contributed by atoms with van der Waals surface area (Å²) < 4.78 is 10.5. The zero-order valence-electron chi connectivity index (χ0n) is 14.2. The molecule has 1 amide bonds.